The molecular formula is C19H18O2S. The van der Waals surface area contributed by atoms with Crippen molar-refractivity contribution < 1.29 is 9.59 Å². The van der Waals surface area contributed by atoms with Crippen molar-refractivity contribution in [1.82, 2.24) is 0 Å². The summed E-state index contributed by atoms with van der Waals surface area (Å²) in [4.78, 5) is 22.6. The first-order valence-electron chi connectivity index (χ1n) is 7.13. The summed E-state index contributed by atoms with van der Waals surface area (Å²) in [5.74, 6) is 0.471. The van der Waals surface area contributed by atoms with Crippen molar-refractivity contribution in [3.63, 3.8) is 0 Å². The average molecular weight is 310 g/mol. The molecule has 3 heteroatoms. The summed E-state index contributed by atoms with van der Waals surface area (Å²) >= 11 is 1.19. The van der Waals surface area contributed by atoms with Crippen LogP contribution in [-0.4, -0.2) is 16.7 Å². The molecule has 0 unspecified atom stereocenters. The van der Waals surface area contributed by atoms with Crippen molar-refractivity contribution in [2.24, 2.45) is 0 Å². The first-order valence-corrected chi connectivity index (χ1v) is 8.11. The molecule has 112 valence electrons. The van der Waals surface area contributed by atoms with E-state index in [2.05, 4.69) is 24.3 Å². The third-order valence-corrected chi connectivity index (χ3v) is 3.89. The highest BCUT2D eigenvalue weighted by molar-refractivity contribution is 8.13. The summed E-state index contributed by atoms with van der Waals surface area (Å²) in [5.41, 5.74) is 3.34. The van der Waals surface area contributed by atoms with Crippen LogP contribution in [0.5, 0.6) is 0 Å². The van der Waals surface area contributed by atoms with Gasteiger partial charge in [-0.15, -0.1) is 0 Å². The quantitative estimate of drug-likeness (QED) is 0.744. The monoisotopic (exact) mass is 310 g/mol. The lowest BCUT2D eigenvalue weighted by Gasteiger charge is -2.08. The van der Waals surface area contributed by atoms with Crippen LogP contribution in [0.4, 0.5) is 0 Å². The molecule has 0 aliphatic rings. The summed E-state index contributed by atoms with van der Waals surface area (Å²) in [5, 5.41) is -0.0794. The number of hydrogen-bond acceptors (Lipinski definition) is 3. The normalized spacial score (nSPS) is 10.0. The molecule has 0 heterocycles. The second-order valence-corrected chi connectivity index (χ2v) is 5.99. The number of thioether (sulfide) groups is 1. The number of ketones is 1. The fourth-order valence-electron chi connectivity index (χ4n) is 2.11. The topological polar surface area (TPSA) is 34.1 Å². The molecule has 2 nitrogen and oxygen atoms in total. The Morgan fingerprint density at radius 1 is 0.909 bits per heavy atom. The number of rotatable bonds is 6. The Morgan fingerprint density at radius 2 is 1.41 bits per heavy atom. The van der Waals surface area contributed by atoms with Gasteiger partial charge in [0.05, 0.1) is 6.42 Å². The average Bonchev–Trinajstić information content (AvgIpc) is 2.52. The van der Waals surface area contributed by atoms with Gasteiger partial charge in [0.15, 0.2) is 5.12 Å². The van der Waals surface area contributed by atoms with Gasteiger partial charge in [-0.25, -0.2) is 0 Å². The third kappa shape index (κ3) is 5.01. The van der Waals surface area contributed by atoms with Gasteiger partial charge in [0.2, 0.25) is 0 Å². The minimum absolute atomic E-state index is 0.00448. The standard InChI is InChI=1S/C19H18O2S/c1-15(20)14-19(21)22-13-12-18(16-8-4-2-5-9-16)17-10-6-3-7-11-17/h2-12H,13-14H2,1H3. The molecule has 0 spiro atoms. The lowest BCUT2D eigenvalue weighted by atomic mass is 9.98. The highest BCUT2D eigenvalue weighted by Gasteiger charge is 2.07. The van der Waals surface area contributed by atoms with Crippen LogP contribution in [0.3, 0.4) is 0 Å². The zero-order chi connectivity index (χ0) is 15.8. The molecular weight excluding hydrogens is 292 g/mol. The van der Waals surface area contributed by atoms with Gasteiger partial charge in [-0.3, -0.25) is 9.59 Å². The predicted molar refractivity (Wildman–Crippen MR) is 92.7 cm³/mol. The molecule has 2 rings (SSSR count). The first kappa shape index (κ1) is 16.2. The van der Waals surface area contributed by atoms with Crippen LogP contribution in [0, 0.1) is 0 Å². The Balaban J connectivity index is 2.17. The SMILES string of the molecule is CC(=O)CC(=O)SCC=C(c1ccccc1)c1ccccc1. The molecule has 0 aliphatic heterocycles. The van der Waals surface area contributed by atoms with Crippen LogP contribution < -0.4 is 0 Å². The van der Waals surface area contributed by atoms with E-state index >= 15 is 0 Å². The van der Waals surface area contributed by atoms with E-state index in [9.17, 15) is 9.59 Å². The molecule has 0 saturated heterocycles. The van der Waals surface area contributed by atoms with Gasteiger partial charge >= 0.3 is 0 Å². The maximum absolute atomic E-state index is 11.6. The molecule has 0 fully saturated rings. The van der Waals surface area contributed by atoms with Gasteiger partial charge in [0, 0.05) is 5.75 Å². The molecule has 2 aromatic carbocycles. The number of benzene rings is 2. The number of hydrogen-bond donors (Lipinski definition) is 0. The van der Waals surface area contributed by atoms with Crippen LogP contribution in [0.2, 0.25) is 0 Å². The van der Waals surface area contributed by atoms with Crippen molar-refractivity contribution >= 4 is 28.2 Å². The molecule has 0 saturated carbocycles. The molecule has 0 N–H and O–H groups in total. The van der Waals surface area contributed by atoms with Gasteiger partial charge in [0.25, 0.3) is 0 Å². The highest BCUT2D eigenvalue weighted by Crippen LogP contribution is 2.24. The fourth-order valence-corrected chi connectivity index (χ4v) is 2.85. The van der Waals surface area contributed by atoms with Crippen molar-refractivity contribution in [3.05, 3.63) is 77.9 Å². The summed E-state index contributed by atoms with van der Waals surface area (Å²) in [6.07, 6.45) is 2.05. The van der Waals surface area contributed by atoms with Gasteiger partial charge in [-0.1, -0.05) is 78.5 Å². The molecule has 0 aromatic heterocycles. The molecule has 0 bridgehead atoms. The van der Waals surface area contributed by atoms with Crippen molar-refractivity contribution in [2.75, 3.05) is 5.75 Å². The van der Waals surface area contributed by atoms with Gasteiger partial charge in [-0.2, -0.15) is 0 Å². The van der Waals surface area contributed by atoms with Gasteiger partial charge in [-0.05, 0) is 23.6 Å². The lowest BCUT2D eigenvalue weighted by Crippen LogP contribution is -2.00. The van der Waals surface area contributed by atoms with E-state index in [4.69, 9.17) is 0 Å². The summed E-state index contributed by atoms with van der Waals surface area (Å²) in [6.45, 7) is 1.44. The Hall–Kier alpha value is -2.13. The van der Waals surface area contributed by atoms with E-state index < -0.39 is 0 Å². The smallest absolute Gasteiger partial charge is 0.196 e. The van der Waals surface area contributed by atoms with Crippen molar-refractivity contribution in [3.8, 4) is 0 Å². The Labute approximate surface area is 135 Å². The summed E-state index contributed by atoms with van der Waals surface area (Å²) in [6, 6.07) is 20.2. The fraction of sp³-hybridized carbons (Fsp3) is 0.158. The third-order valence-electron chi connectivity index (χ3n) is 3.09. The maximum atomic E-state index is 11.6. The Morgan fingerprint density at radius 3 is 1.86 bits per heavy atom. The van der Waals surface area contributed by atoms with Gasteiger partial charge < -0.3 is 0 Å². The van der Waals surface area contributed by atoms with Gasteiger partial charge in [0.1, 0.15) is 5.78 Å². The molecule has 0 atom stereocenters. The molecule has 2 aromatic rings. The number of carbonyl (C=O) groups excluding carboxylic acids is 2. The van der Waals surface area contributed by atoms with E-state index in [0.717, 1.165) is 16.7 Å². The van der Waals surface area contributed by atoms with Crippen LogP contribution in [0.15, 0.2) is 66.7 Å². The summed E-state index contributed by atoms with van der Waals surface area (Å²) < 4.78 is 0. The zero-order valence-corrected chi connectivity index (χ0v) is 13.3. The van der Waals surface area contributed by atoms with E-state index in [0.29, 0.717) is 5.75 Å². The number of carbonyl (C=O) groups is 2. The molecule has 22 heavy (non-hydrogen) atoms. The van der Waals surface area contributed by atoms with E-state index in [1.807, 2.05) is 42.5 Å². The van der Waals surface area contributed by atoms with Crippen LogP contribution >= 0.6 is 11.8 Å². The zero-order valence-electron chi connectivity index (χ0n) is 12.5. The highest BCUT2D eigenvalue weighted by atomic mass is 32.2. The molecule has 0 radical (unpaired) electrons. The predicted octanol–water partition coefficient (Wildman–Crippen LogP) is 4.36. The van der Waals surface area contributed by atoms with Crippen LogP contribution in [0.25, 0.3) is 5.57 Å². The Bertz CT molecular complexity index is 619. The maximum Gasteiger partial charge on any atom is 0.196 e. The lowest BCUT2D eigenvalue weighted by molar-refractivity contribution is -0.121. The van der Waals surface area contributed by atoms with E-state index in [-0.39, 0.29) is 17.3 Å². The first-order chi connectivity index (χ1) is 10.7. The minimum atomic E-state index is -0.0900. The van der Waals surface area contributed by atoms with E-state index in [1.165, 1.54) is 18.7 Å². The van der Waals surface area contributed by atoms with Crippen molar-refractivity contribution in [1.29, 1.82) is 0 Å². The van der Waals surface area contributed by atoms with Crippen molar-refractivity contribution in [2.45, 2.75) is 13.3 Å². The van der Waals surface area contributed by atoms with Crippen LogP contribution in [0.1, 0.15) is 24.5 Å². The molecule has 0 amide bonds. The largest absolute Gasteiger partial charge is 0.300 e. The Kier molecular flexibility index (Phi) is 6.16. The second kappa shape index (κ2) is 8.35. The second-order valence-electron chi connectivity index (χ2n) is 4.91. The van der Waals surface area contributed by atoms with E-state index in [1.54, 1.807) is 0 Å². The summed E-state index contributed by atoms with van der Waals surface area (Å²) in [7, 11) is 0. The number of Topliss-reactive ketones (excluding diaryl/α,β-unsaturated/α-hetero) is 1. The molecule has 0 aliphatic carbocycles. The minimum Gasteiger partial charge on any atom is -0.300 e. The van der Waals surface area contributed by atoms with Crippen LogP contribution in [-0.2, 0) is 9.59 Å².